The molecule has 0 rings (SSSR count). The van der Waals surface area contributed by atoms with Gasteiger partial charge < -0.3 is 29.4 Å². The summed E-state index contributed by atoms with van der Waals surface area (Å²) < 4.78 is 16.5. The molecule has 0 aromatic heterocycles. The van der Waals surface area contributed by atoms with Crippen LogP contribution in [0.2, 0.25) is 5.54 Å². The molecule has 6 nitrogen and oxygen atoms in total. The van der Waals surface area contributed by atoms with E-state index in [1.54, 1.807) is 21.3 Å². The Hall–Kier alpha value is -0.0231. The summed E-state index contributed by atoms with van der Waals surface area (Å²) in [5, 5.41) is 12.4. The van der Waals surface area contributed by atoms with E-state index in [0.717, 1.165) is 19.4 Å². The number of hydrogen-bond donors (Lipinski definition) is 3. The van der Waals surface area contributed by atoms with Gasteiger partial charge in [0.25, 0.3) is 0 Å². The SMILES string of the molecule is CCC(CO)NCCC(C(C)N)[Si](OC)(OC)OC. The Morgan fingerprint density at radius 1 is 1.21 bits per heavy atom. The third-order valence-electron chi connectivity index (χ3n) is 3.54. The zero-order valence-corrected chi connectivity index (χ0v) is 13.8. The highest BCUT2D eigenvalue weighted by molar-refractivity contribution is 6.62. The Bertz CT molecular complexity index is 216. The van der Waals surface area contributed by atoms with E-state index < -0.39 is 8.80 Å². The lowest BCUT2D eigenvalue weighted by Gasteiger charge is -2.35. The Kier molecular flexibility index (Phi) is 9.80. The van der Waals surface area contributed by atoms with E-state index >= 15 is 0 Å². The molecule has 0 fully saturated rings. The van der Waals surface area contributed by atoms with Crippen molar-refractivity contribution in [1.29, 1.82) is 0 Å². The zero-order valence-electron chi connectivity index (χ0n) is 12.8. The van der Waals surface area contributed by atoms with Crippen LogP contribution in [-0.4, -0.2) is 60.5 Å². The molecule has 0 aliphatic rings. The second kappa shape index (κ2) is 9.81. The van der Waals surface area contributed by atoms with Crippen LogP contribution in [0, 0.1) is 0 Å². The largest absolute Gasteiger partial charge is 0.505 e. The molecule has 0 heterocycles. The van der Waals surface area contributed by atoms with Crippen LogP contribution >= 0.6 is 0 Å². The van der Waals surface area contributed by atoms with Crippen molar-refractivity contribution in [3.05, 3.63) is 0 Å². The van der Waals surface area contributed by atoms with E-state index in [1.807, 2.05) is 13.8 Å². The van der Waals surface area contributed by atoms with Crippen LogP contribution in [0.3, 0.4) is 0 Å². The first-order valence-electron chi connectivity index (χ1n) is 6.76. The molecule has 0 aromatic rings. The fourth-order valence-corrected chi connectivity index (χ4v) is 4.80. The van der Waals surface area contributed by atoms with E-state index in [2.05, 4.69) is 5.32 Å². The highest BCUT2D eigenvalue weighted by atomic mass is 28.4. The summed E-state index contributed by atoms with van der Waals surface area (Å²) in [5.41, 5.74) is 6.07. The molecule has 3 unspecified atom stereocenters. The van der Waals surface area contributed by atoms with Crippen LogP contribution in [0.5, 0.6) is 0 Å². The Balaban J connectivity index is 4.57. The molecule has 19 heavy (non-hydrogen) atoms. The van der Waals surface area contributed by atoms with Gasteiger partial charge in [0.15, 0.2) is 0 Å². The number of rotatable bonds is 11. The van der Waals surface area contributed by atoms with Crippen LogP contribution in [0.4, 0.5) is 0 Å². The molecular formula is C12H30N2O4Si. The number of aliphatic hydroxyl groups excluding tert-OH is 1. The number of aliphatic hydroxyl groups is 1. The maximum Gasteiger partial charge on any atom is 0.505 e. The molecule has 3 atom stereocenters. The lowest BCUT2D eigenvalue weighted by atomic mass is 10.1. The number of hydrogen-bond acceptors (Lipinski definition) is 6. The summed E-state index contributed by atoms with van der Waals surface area (Å²) in [6.45, 7) is 4.86. The smallest absolute Gasteiger partial charge is 0.395 e. The molecule has 0 saturated carbocycles. The van der Waals surface area contributed by atoms with Gasteiger partial charge >= 0.3 is 8.80 Å². The molecule has 4 N–H and O–H groups in total. The average Bonchev–Trinajstić information content (AvgIpc) is 2.43. The first kappa shape index (κ1) is 19.0. The average molecular weight is 294 g/mol. The molecule has 7 heteroatoms. The fraction of sp³-hybridized carbons (Fsp3) is 1.00. The molecule has 0 amide bonds. The first-order valence-corrected chi connectivity index (χ1v) is 8.56. The topological polar surface area (TPSA) is 86.0 Å². The summed E-state index contributed by atoms with van der Waals surface area (Å²) in [5.74, 6) is 0. The van der Waals surface area contributed by atoms with Crippen molar-refractivity contribution in [2.75, 3.05) is 34.5 Å². The van der Waals surface area contributed by atoms with Gasteiger partial charge in [-0.1, -0.05) is 6.92 Å². The maximum absolute atomic E-state index is 9.15. The van der Waals surface area contributed by atoms with Crippen molar-refractivity contribution in [2.45, 2.75) is 44.3 Å². The predicted molar refractivity (Wildman–Crippen MR) is 78.0 cm³/mol. The standard InChI is InChI=1S/C12H30N2O4Si/c1-6-11(9-15)14-8-7-12(10(2)13)19(16-3,17-4)18-5/h10-12,14-15H,6-9,13H2,1-5H3. The molecule has 0 aliphatic carbocycles. The van der Waals surface area contributed by atoms with Crippen molar-refractivity contribution < 1.29 is 18.4 Å². The van der Waals surface area contributed by atoms with E-state index in [4.69, 9.17) is 24.1 Å². The van der Waals surface area contributed by atoms with Crippen molar-refractivity contribution in [1.82, 2.24) is 5.32 Å². The summed E-state index contributed by atoms with van der Waals surface area (Å²) in [7, 11) is 2.08. The maximum atomic E-state index is 9.15. The molecule has 0 aliphatic heterocycles. The number of nitrogens with two attached hydrogens (primary N) is 1. The van der Waals surface area contributed by atoms with Crippen molar-refractivity contribution in [3.63, 3.8) is 0 Å². The van der Waals surface area contributed by atoms with E-state index in [-0.39, 0.29) is 24.2 Å². The fourth-order valence-electron chi connectivity index (χ4n) is 2.25. The summed E-state index contributed by atoms with van der Waals surface area (Å²) in [6.07, 6.45) is 1.68. The van der Waals surface area contributed by atoms with E-state index in [1.165, 1.54) is 0 Å². The van der Waals surface area contributed by atoms with Crippen molar-refractivity contribution in [2.24, 2.45) is 5.73 Å². The molecule has 0 spiro atoms. The predicted octanol–water partition coefficient (Wildman–Crippen LogP) is 0.333. The normalized spacial score (nSPS) is 17.2. The zero-order chi connectivity index (χ0) is 14.9. The van der Waals surface area contributed by atoms with Crippen LogP contribution < -0.4 is 11.1 Å². The second-order valence-electron chi connectivity index (χ2n) is 4.71. The Morgan fingerprint density at radius 3 is 2.05 bits per heavy atom. The van der Waals surface area contributed by atoms with Gasteiger partial charge in [0.2, 0.25) is 0 Å². The van der Waals surface area contributed by atoms with Crippen LogP contribution in [0.1, 0.15) is 26.7 Å². The summed E-state index contributed by atoms with van der Waals surface area (Å²) in [4.78, 5) is 0. The summed E-state index contributed by atoms with van der Waals surface area (Å²) in [6, 6.07) is 0.0416. The van der Waals surface area contributed by atoms with Crippen LogP contribution in [0.15, 0.2) is 0 Å². The summed E-state index contributed by atoms with van der Waals surface area (Å²) >= 11 is 0. The van der Waals surface area contributed by atoms with Gasteiger partial charge in [0.05, 0.1) is 6.61 Å². The van der Waals surface area contributed by atoms with Crippen LogP contribution in [-0.2, 0) is 13.3 Å². The molecule has 0 aromatic carbocycles. The second-order valence-corrected chi connectivity index (χ2v) is 7.89. The van der Waals surface area contributed by atoms with Gasteiger partial charge in [-0.2, -0.15) is 0 Å². The molecule has 0 radical (unpaired) electrons. The van der Waals surface area contributed by atoms with Gasteiger partial charge in [-0.25, -0.2) is 0 Å². The Labute approximate surface area is 118 Å². The molecule has 116 valence electrons. The minimum atomic E-state index is -2.73. The molecule has 0 saturated heterocycles. The number of nitrogens with one attached hydrogen (secondary N) is 1. The highest BCUT2D eigenvalue weighted by Gasteiger charge is 2.48. The van der Waals surface area contributed by atoms with E-state index in [0.29, 0.717) is 0 Å². The minimum absolute atomic E-state index is 0.0243. The Morgan fingerprint density at radius 2 is 1.74 bits per heavy atom. The first-order chi connectivity index (χ1) is 9.01. The highest BCUT2D eigenvalue weighted by Crippen LogP contribution is 2.29. The minimum Gasteiger partial charge on any atom is -0.395 e. The van der Waals surface area contributed by atoms with Crippen LogP contribution in [0.25, 0.3) is 0 Å². The van der Waals surface area contributed by atoms with Gasteiger partial charge in [-0.05, 0) is 26.3 Å². The molecule has 0 bridgehead atoms. The van der Waals surface area contributed by atoms with Gasteiger partial charge in [-0.3, -0.25) is 0 Å². The van der Waals surface area contributed by atoms with Gasteiger partial charge in [0, 0.05) is 39.0 Å². The third-order valence-corrected chi connectivity index (χ3v) is 6.97. The molecular weight excluding hydrogens is 264 g/mol. The van der Waals surface area contributed by atoms with Gasteiger partial charge in [0.1, 0.15) is 0 Å². The van der Waals surface area contributed by atoms with Crippen molar-refractivity contribution >= 4 is 8.80 Å². The lowest BCUT2D eigenvalue weighted by Crippen LogP contribution is -2.53. The monoisotopic (exact) mass is 294 g/mol. The third kappa shape index (κ3) is 5.47. The quantitative estimate of drug-likeness (QED) is 0.476. The van der Waals surface area contributed by atoms with Crippen molar-refractivity contribution in [3.8, 4) is 0 Å². The van der Waals surface area contributed by atoms with E-state index in [9.17, 15) is 0 Å². The van der Waals surface area contributed by atoms with Gasteiger partial charge in [-0.15, -0.1) is 0 Å². The lowest BCUT2D eigenvalue weighted by molar-refractivity contribution is 0.106.